The lowest BCUT2D eigenvalue weighted by Gasteiger charge is -2.46. The highest BCUT2D eigenvalue weighted by Gasteiger charge is 2.45. The van der Waals surface area contributed by atoms with Crippen LogP contribution < -0.4 is 0 Å². The molecule has 3 amide bonds. The van der Waals surface area contributed by atoms with Crippen LogP contribution in [0.25, 0.3) is 0 Å². The largest absolute Gasteiger partial charge is 0.335 e. The van der Waals surface area contributed by atoms with Gasteiger partial charge in [0.25, 0.3) is 0 Å². The first-order chi connectivity index (χ1) is 14.3. The molecule has 5 heteroatoms. The topological polar surface area (TPSA) is 43.9 Å². The highest BCUT2D eigenvalue weighted by atomic mass is 16.2. The highest BCUT2D eigenvalue weighted by molar-refractivity contribution is 5.81. The summed E-state index contributed by atoms with van der Waals surface area (Å²) in [6, 6.07) is 14.7. The number of nitrogens with zero attached hydrogens (tertiary/aromatic N) is 3. The maximum atomic E-state index is 13.6. The van der Waals surface area contributed by atoms with E-state index in [1.54, 1.807) is 0 Å². The quantitative estimate of drug-likeness (QED) is 0.768. The van der Waals surface area contributed by atoms with E-state index in [2.05, 4.69) is 51.1 Å². The van der Waals surface area contributed by atoms with E-state index in [1.807, 2.05) is 33.9 Å². The van der Waals surface area contributed by atoms with Gasteiger partial charge in [0, 0.05) is 33.1 Å². The standard InChI is InChI=1S/C25H31N3O2/c1-17-13-18(2)15-20(14-17)16-26(4)25(30)28-12-11-27-22(9-10-23(27)29)24(28)21-8-6-5-7-19(21)3/h5-8,13-15,22,24H,9-12,16H2,1-4H3. The van der Waals surface area contributed by atoms with Crippen molar-refractivity contribution in [1.82, 2.24) is 14.7 Å². The molecule has 158 valence electrons. The summed E-state index contributed by atoms with van der Waals surface area (Å²) >= 11 is 0. The van der Waals surface area contributed by atoms with E-state index in [0.717, 1.165) is 17.5 Å². The van der Waals surface area contributed by atoms with E-state index in [1.165, 1.54) is 16.7 Å². The molecule has 2 saturated heterocycles. The maximum absolute atomic E-state index is 13.6. The molecule has 2 unspecified atom stereocenters. The minimum atomic E-state index is -0.0967. The van der Waals surface area contributed by atoms with E-state index >= 15 is 0 Å². The summed E-state index contributed by atoms with van der Waals surface area (Å²) in [4.78, 5) is 31.8. The number of piperazine rings is 1. The molecule has 0 saturated carbocycles. The zero-order chi connectivity index (χ0) is 21.4. The second kappa shape index (κ2) is 8.13. The fourth-order valence-electron chi connectivity index (χ4n) is 5.17. The van der Waals surface area contributed by atoms with Crippen molar-refractivity contribution in [2.45, 2.75) is 52.2 Å². The molecule has 5 nitrogen and oxygen atoms in total. The van der Waals surface area contributed by atoms with Crippen LogP contribution in [-0.4, -0.2) is 52.8 Å². The summed E-state index contributed by atoms with van der Waals surface area (Å²) < 4.78 is 0. The number of fused-ring (bicyclic) bond motifs is 1. The van der Waals surface area contributed by atoms with Gasteiger partial charge >= 0.3 is 6.03 Å². The molecule has 2 aliphatic heterocycles. The first-order valence-corrected chi connectivity index (χ1v) is 10.8. The van der Waals surface area contributed by atoms with Gasteiger partial charge < -0.3 is 14.7 Å². The Morgan fingerprint density at radius 2 is 1.77 bits per heavy atom. The van der Waals surface area contributed by atoms with Gasteiger partial charge in [0.2, 0.25) is 5.91 Å². The van der Waals surface area contributed by atoms with Gasteiger partial charge in [-0.2, -0.15) is 0 Å². The van der Waals surface area contributed by atoms with Crippen molar-refractivity contribution < 1.29 is 9.59 Å². The van der Waals surface area contributed by atoms with Gasteiger partial charge in [0.1, 0.15) is 0 Å². The number of carbonyl (C=O) groups excluding carboxylic acids is 2. The lowest BCUT2D eigenvalue weighted by Crippen LogP contribution is -2.57. The highest BCUT2D eigenvalue weighted by Crippen LogP contribution is 2.39. The van der Waals surface area contributed by atoms with Crippen LogP contribution in [0.1, 0.15) is 46.7 Å². The third-order valence-electron chi connectivity index (χ3n) is 6.44. The molecular weight excluding hydrogens is 374 g/mol. The predicted molar refractivity (Wildman–Crippen MR) is 118 cm³/mol. The van der Waals surface area contributed by atoms with Gasteiger partial charge in [0.05, 0.1) is 12.1 Å². The summed E-state index contributed by atoms with van der Waals surface area (Å²) in [6.07, 6.45) is 1.38. The van der Waals surface area contributed by atoms with E-state index in [4.69, 9.17) is 0 Å². The Morgan fingerprint density at radius 3 is 2.47 bits per heavy atom. The van der Waals surface area contributed by atoms with Crippen LogP contribution in [0, 0.1) is 20.8 Å². The molecule has 4 rings (SSSR count). The number of urea groups is 1. The Morgan fingerprint density at radius 1 is 1.07 bits per heavy atom. The van der Waals surface area contributed by atoms with Gasteiger partial charge in [0.15, 0.2) is 0 Å². The van der Waals surface area contributed by atoms with Crippen molar-refractivity contribution in [1.29, 1.82) is 0 Å². The molecule has 0 N–H and O–H groups in total. The monoisotopic (exact) mass is 405 g/mol. The number of hydrogen-bond donors (Lipinski definition) is 0. The van der Waals surface area contributed by atoms with Crippen LogP contribution in [0.3, 0.4) is 0 Å². The summed E-state index contributed by atoms with van der Waals surface area (Å²) in [6.45, 7) is 8.02. The Kier molecular flexibility index (Phi) is 5.54. The zero-order valence-corrected chi connectivity index (χ0v) is 18.4. The fourth-order valence-corrected chi connectivity index (χ4v) is 5.17. The normalized spacial score (nSPS) is 21.0. The zero-order valence-electron chi connectivity index (χ0n) is 18.4. The number of amides is 3. The van der Waals surface area contributed by atoms with Gasteiger partial charge in [-0.15, -0.1) is 0 Å². The summed E-state index contributed by atoms with van der Waals surface area (Å²) in [5.41, 5.74) is 5.88. The Hall–Kier alpha value is -2.82. The average molecular weight is 406 g/mol. The molecule has 2 aromatic rings. The smallest absolute Gasteiger partial charge is 0.320 e. The molecule has 0 aromatic heterocycles. The molecule has 2 aliphatic rings. The number of aryl methyl sites for hydroxylation is 3. The number of rotatable bonds is 3. The van der Waals surface area contributed by atoms with Crippen molar-refractivity contribution in [3.8, 4) is 0 Å². The van der Waals surface area contributed by atoms with E-state index in [0.29, 0.717) is 26.1 Å². The number of benzene rings is 2. The van der Waals surface area contributed by atoms with Gasteiger partial charge in [-0.1, -0.05) is 53.6 Å². The second-order valence-corrected chi connectivity index (χ2v) is 8.82. The molecule has 0 spiro atoms. The third-order valence-corrected chi connectivity index (χ3v) is 6.44. The van der Waals surface area contributed by atoms with Gasteiger partial charge in [-0.3, -0.25) is 4.79 Å². The van der Waals surface area contributed by atoms with Crippen LogP contribution in [0.15, 0.2) is 42.5 Å². The Balaban J connectivity index is 1.62. The minimum absolute atomic E-state index is 0.0291. The van der Waals surface area contributed by atoms with Crippen LogP contribution in [0.5, 0.6) is 0 Å². The molecular formula is C25H31N3O2. The van der Waals surface area contributed by atoms with E-state index in [-0.39, 0.29) is 24.0 Å². The predicted octanol–water partition coefficient (Wildman–Crippen LogP) is 4.21. The number of hydrogen-bond acceptors (Lipinski definition) is 2. The first kappa shape index (κ1) is 20.5. The summed E-state index contributed by atoms with van der Waals surface area (Å²) in [5, 5.41) is 0. The van der Waals surface area contributed by atoms with Gasteiger partial charge in [-0.25, -0.2) is 4.79 Å². The minimum Gasteiger partial charge on any atom is -0.335 e. The molecule has 0 bridgehead atoms. The fraction of sp³-hybridized carbons (Fsp3) is 0.440. The van der Waals surface area contributed by atoms with Crippen LogP contribution in [0.2, 0.25) is 0 Å². The van der Waals surface area contributed by atoms with Crippen molar-refractivity contribution >= 4 is 11.9 Å². The van der Waals surface area contributed by atoms with Crippen molar-refractivity contribution in [3.05, 3.63) is 70.3 Å². The van der Waals surface area contributed by atoms with Crippen molar-refractivity contribution in [2.24, 2.45) is 0 Å². The average Bonchev–Trinajstić information content (AvgIpc) is 3.07. The van der Waals surface area contributed by atoms with Crippen molar-refractivity contribution in [2.75, 3.05) is 20.1 Å². The lowest BCUT2D eigenvalue weighted by molar-refractivity contribution is -0.131. The molecule has 2 atom stereocenters. The molecule has 0 aliphatic carbocycles. The summed E-state index contributed by atoms with van der Waals surface area (Å²) in [7, 11) is 1.88. The maximum Gasteiger partial charge on any atom is 0.320 e. The Labute approximate surface area is 179 Å². The number of carbonyl (C=O) groups is 2. The molecule has 2 fully saturated rings. The Bertz CT molecular complexity index is 950. The molecule has 2 heterocycles. The molecule has 30 heavy (non-hydrogen) atoms. The van der Waals surface area contributed by atoms with E-state index < -0.39 is 0 Å². The van der Waals surface area contributed by atoms with Crippen LogP contribution in [0.4, 0.5) is 4.79 Å². The third kappa shape index (κ3) is 3.81. The second-order valence-electron chi connectivity index (χ2n) is 8.82. The van der Waals surface area contributed by atoms with Crippen molar-refractivity contribution in [3.63, 3.8) is 0 Å². The SMILES string of the molecule is Cc1cc(C)cc(CN(C)C(=O)N2CCN3C(=O)CCC3C2c2ccccc2C)c1. The van der Waals surface area contributed by atoms with Gasteiger partial charge in [-0.05, 0) is 43.9 Å². The van der Waals surface area contributed by atoms with Crippen LogP contribution >= 0.6 is 0 Å². The first-order valence-electron chi connectivity index (χ1n) is 10.8. The van der Waals surface area contributed by atoms with Crippen LogP contribution in [-0.2, 0) is 11.3 Å². The molecule has 2 aromatic carbocycles. The molecule has 0 radical (unpaired) electrons. The summed E-state index contributed by atoms with van der Waals surface area (Å²) in [5.74, 6) is 0.217. The lowest BCUT2D eigenvalue weighted by atomic mass is 9.91. The van der Waals surface area contributed by atoms with E-state index in [9.17, 15) is 9.59 Å².